The van der Waals surface area contributed by atoms with Crippen LogP contribution in [0.15, 0.2) is 30.7 Å². The van der Waals surface area contributed by atoms with Crippen LogP contribution in [0, 0.1) is 0 Å². The van der Waals surface area contributed by atoms with Crippen LogP contribution in [0.2, 0.25) is 0 Å². The smallest absolute Gasteiger partial charge is 0.256 e. The Labute approximate surface area is 126 Å². The van der Waals surface area contributed by atoms with Gasteiger partial charge in [-0.05, 0) is 18.2 Å². The van der Waals surface area contributed by atoms with Gasteiger partial charge in [-0.1, -0.05) is 0 Å². The topological polar surface area (TPSA) is 69.0 Å². The predicted octanol–water partition coefficient (Wildman–Crippen LogP) is 1.95. The highest BCUT2D eigenvalue weighted by molar-refractivity contribution is 7.99. The van der Waals surface area contributed by atoms with Crippen LogP contribution in [-0.2, 0) is 7.05 Å². The van der Waals surface area contributed by atoms with E-state index in [0.717, 1.165) is 17.9 Å². The van der Waals surface area contributed by atoms with Gasteiger partial charge < -0.3 is 10.1 Å². The van der Waals surface area contributed by atoms with Crippen molar-refractivity contribution in [3.05, 3.63) is 36.3 Å². The number of hydrogen-bond acceptors (Lipinski definition) is 5. The lowest BCUT2D eigenvalue weighted by Gasteiger charge is -2.11. The number of carbonyl (C=O) groups excluding carboxylic acids is 1. The molecule has 7 heteroatoms. The van der Waals surface area contributed by atoms with E-state index in [-0.39, 0.29) is 12.0 Å². The van der Waals surface area contributed by atoms with E-state index in [1.165, 1.54) is 0 Å². The lowest BCUT2D eigenvalue weighted by Crippen LogP contribution is -2.17. The zero-order valence-electron chi connectivity index (χ0n) is 11.7. The van der Waals surface area contributed by atoms with Gasteiger partial charge in [0.15, 0.2) is 0 Å². The molecule has 2 aromatic heterocycles. The number of anilines is 1. The fourth-order valence-electron chi connectivity index (χ4n) is 2.08. The van der Waals surface area contributed by atoms with Gasteiger partial charge in [0, 0.05) is 36.8 Å². The van der Waals surface area contributed by atoms with Crippen LogP contribution in [0.25, 0.3) is 0 Å². The summed E-state index contributed by atoms with van der Waals surface area (Å²) in [5, 5.41) is 6.80. The quantitative estimate of drug-likeness (QED) is 0.935. The number of aromatic nitrogens is 3. The van der Waals surface area contributed by atoms with Crippen molar-refractivity contribution in [2.24, 2.45) is 7.05 Å². The molecule has 1 N–H and O–H groups in total. The van der Waals surface area contributed by atoms with E-state index < -0.39 is 0 Å². The molecule has 21 heavy (non-hydrogen) atoms. The Morgan fingerprint density at radius 3 is 3.19 bits per heavy atom. The van der Waals surface area contributed by atoms with Crippen LogP contribution in [-0.4, -0.2) is 38.3 Å². The molecule has 0 saturated carbocycles. The predicted molar refractivity (Wildman–Crippen MR) is 81.8 cm³/mol. The van der Waals surface area contributed by atoms with E-state index in [2.05, 4.69) is 15.4 Å². The first-order valence-electron chi connectivity index (χ1n) is 6.71. The first kappa shape index (κ1) is 13.9. The second-order valence-corrected chi connectivity index (χ2v) is 5.99. The molecule has 3 rings (SSSR count). The first-order valence-corrected chi connectivity index (χ1v) is 7.86. The number of aryl methyl sites for hydroxylation is 1. The number of nitrogens with zero attached hydrogens (tertiary/aromatic N) is 3. The van der Waals surface area contributed by atoms with Gasteiger partial charge in [-0.15, -0.1) is 0 Å². The number of carbonyl (C=O) groups is 1. The molecule has 1 saturated heterocycles. The highest BCUT2D eigenvalue weighted by Gasteiger charge is 2.18. The van der Waals surface area contributed by atoms with Crippen LogP contribution < -0.4 is 10.1 Å². The Morgan fingerprint density at radius 1 is 1.57 bits per heavy atom. The molecule has 1 aliphatic heterocycles. The summed E-state index contributed by atoms with van der Waals surface area (Å²) < 4.78 is 7.43. The zero-order chi connectivity index (χ0) is 14.7. The summed E-state index contributed by atoms with van der Waals surface area (Å²) in [6, 6.07) is 3.34. The minimum Gasteiger partial charge on any atom is -0.473 e. The molecule has 110 valence electrons. The van der Waals surface area contributed by atoms with Crippen LogP contribution in [0.1, 0.15) is 16.8 Å². The van der Waals surface area contributed by atoms with Crippen molar-refractivity contribution in [2.75, 3.05) is 16.8 Å². The summed E-state index contributed by atoms with van der Waals surface area (Å²) >= 11 is 1.87. The Kier molecular flexibility index (Phi) is 4.10. The molecule has 3 heterocycles. The monoisotopic (exact) mass is 304 g/mol. The van der Waals surface area contributed by atoms with Crippen LogP contribution in [0.5, 0.6) is 5.88 Å². The van der Waals surface area contributed by atoms with Gasteiger partial charge in [-0.3, -0.25) is 9.48 Å². The largest absolute Gasteiger partial charge is 0.473 e. The van der Waals surface area contributed by atoms with Crippen molar-refractivity contribution in [2.45, 2.75) is 12.5 Å². The normalized spacial score (nSPS) is 17.7. The third-order valence-corrected chi connectivity index (χ3v) is 4.27. The van der Waals surface area contributed by atoms with E-state index in [4.69, 9.17) is 4.74 Å². The molecule has 0 aliphatic carbocycles. The highest BCUT2D eigenvalue weighted by Crippen LogP contribution is 2.22. The molecule has 2 aromatic rings. The maximum atomic E-state index is 12.2. The SMILES string of the molecule is Cn1cc(NC(=O)c2ccnc(O[C@@H]3CCSC3)c2)cn1. The summed E-state index contributed by atoms with van der Waals surface area (Å²) in [4.78, 5) is 16.3. The number of amides is 1. The molecule has 0 spiro atoms. The first-order chi connectivity index (χ1) is 10.2. The van der Waals surface area contributed by atoms with Crippen molar-refractivity contribution < 1.29 is 9.53 Å². The van der Waals surface area contributed by atoms with Crippen molar-refractivity contribution in [1.29, 1.82) is 0 Å². The fourth-order valence-corrected chi connectivity index (χ4v) is 3.17. The molecular formula is C14H16N4O2S. The van der Waals surface area contributed by atoms with E-state index in [0.29, 0.717) is 17.1 Å². The van der Waals surface area contributed by atoms with E-state index >= 15 is 0 Å². The molecule has 1 amide bonds. The number of rotatable bonds is 4. The maximum Gasteiger partial charge on any atom is 0.256 e. The Hall–Kier alpha value is -2.02. The van der Waals surface area contributed by atoms with Gasteiger partial charge in [0.2, 0.25) is 5.88 Å². The van der Waals surface area contributed by atoms with Gasteiger partial charge in [0.1, 0.15) is 6.10 Å². The van der Waals surface area contributed by atoms with E-state index in [9.17, 15) is 4.79 Å². The molecule has 0 bridgehead atoms. The average Bonchev–Trinajstić information content (AvgIpc) is 3.11. The molecule has 1 aliphatic rings. The molecule has 0 unspecified atom stereocenters. The van der Waals surface area contributed by atoms with Crippen LogP contribution in [0.3, 0.4) is 0 Å². The summed E-state index contributed by atoms with van der Waals surface area (Å²) in [5.41, 5.74) is 1.18. The Bertz CT molecular complexity index is 637. The summed E-state index contributed by atoms with van der Waals surface area (Å²) in [6.07, 6.45) is 6.16. The number of ether oxygens (including phenoxy) is 1. The van der Waals surface area contributed by atoms with E-state index in [1.807, 2.05) is 11.8 Å². The summed E-state index contributed by atoms with van der Waals surface area (Å²) in [5.74, 6) is 2.40. The number of nitrogens with one attached hydrogen (secondary N) is 1. The lowest BCUT2D eigenvalue weighted by molar-refractivity contribution is 0.102. The van der Waals surface area contributed by atoms with Crippen LogP contribution in [0.4, 0.5) is 5.69 Å². The van der Waals surface area contributed by atoms with E-state index in [1.54, 1.807) is 42.5 Å². The Morgan fingerprint density at radius 2 is 2.48 bits per heavy atom. The van der Waals surface area contributed by atoms with Crippen molar-refractivity contribution in [3.8, 4) is 5.88 Å². The number of pyridine rings is 1. The van der Waals surface area contributed by atoms with Crippen LogP contribution >= 0.6 is 11.8 Å². The van der Waals surface area contributed by atoms with Gasteiger partial charge in [0.25, 0.3) is 5.91 Å². The summed E-state index contributed by atoms with van der Waals surface area (Å²) in [7, 11) is 1.80. The van der Waals surface area contributed by atoms with Crippen molar-refractivity contribution in [1.82, 2.24) is 14.8 Å². The molecule has 1 fully saturated rings. The minimum absolute atomic E-state index is 0.194. The molecule has 0 radical (unpaired) electrons. The third-order valence-electron chi connectivity index (χ3n) is 3.14. The molecule has 1 atom stereocenters. The number of thioether (sulfide) groups is 1. The van der Waals surface area contributed by atoms with Gasteiger partial charge >= 0.3 is 0 Å². The van der Waals surface area contributed by atoms with Gasteiger partial charge in [-0.2, -0.15) is 16.9 Å². The zero-order valence-corrected chi connectivity index (χ0v) is 12.5. The molecule has 0 aromatic carbocycles. The molecule has 6 nitrogen and oxygen atoms in total. The minimum atomic E-state index is -0.198. The third kappa shape index (κ3) is 3.55. The van der Waals surface area contributed by atoms with Gasteiger partial charge in [-0.25, -0.2) is 4.98 Å². The van der Waals surface area contributed by atoms with Gasteiger partial charge in [0.05, 0.1) is 11.9 Å². The lowest BCUT2D eigenvalue weighted by atomic mass is 10.2. The number of hydrogen-bond donors (Lipinski definition) is 1. The van der Waals surface area contributed by atoms with Crippen molar-refractivity contribution in [3.63, 3.8) is 0 Å². The average molecular weight is 304 g/mol. The highest BCUT2D eigenvalue weighted by atomic mass is 32.2. The summed E-state index contributed by atoms with van der Waals surface area (Å²) in [6.45, 7) is 0. The second kappa shape index (κ2) is 6.17. The Balaban J connectivity index is 1.68. The fraction of sp³-hybridized carbons (Fsp3) is 0.357. The van der Waals surface area contributed by atoms with Crippen molar-refractivity contribution >= 4 is 23.4 Å². The standard InChI is InChI=1S/C14H16N4O2S/c1-18-8-11(7-16-18)17-14(19)10-2-4-15-13(6-10)20-12-3-5-21-9-12/h2,4,6-8,12H,3,5,9H2,1H3,(H,17,19)/t12-/m1/s1. The molecular weight excluding hydrogens is 288 g/mol. The second-order valence-electron chi connectivity index (χ2n) is 4.84. The maximum absolute atomic E-state index is 12.2.